The van der Waals surface area contributed by atoms with Gasteiger partial charge in [-0.3, -0.25) is 14.3 Å². The van der Waals surface area contributed by atoms with Gasteiger partial charge in [-0.2, -0.15) is 0 Å². The van der Waals surface area contributed by atoms with E-state index in [1.54, 1.807) is 24.3 Å². The Morgan fingerprint density at radius 1 is 1.22 bits per heavy atom. The Hall–Kier alpha value is -2.53. The average Bonchev–Trinajstić information content (AvgIpc) is 2.40. The normalized spacial score (nSPS) is 10.3. The summed E-state index contributed by atoms with van der Waals surface area (Å²) in [5.41, 5.74) is 7.70. The van der Waals surface area contributed by atoms with E-state index in [0.717, 1.165) is 0 Å². The second-order valence-corrected chi connectivity index (χ2v) is 3.76. The topological polar surface area (TPSA) is 92.8 Å². The van der Waals surface area contributed by atoms with Crippen LogP contribution in [0.1, 0.15) is 0 Å². The van der Waals surface area contributed by atoms with E-state index in [-0.39, 0.29) is 24.2 Å². The molecule has 0 aliphatic carbocycles. The molecular weight excluding hydrogens is 234 g/mol. The van der Waals surface area contributed by atoms with Crippen molar-refractivity contribution in [1.29, 1.82) is 0 Å². The molecule has 92 valence electrons. The van der Waals surface area contributed by atoms with Gasteiger partial charge < -0.3 is 0 Å². The van der Waals surface area contributed by atoms with E-state index in [4.69, 9.17) is 5.53 Å². The van der Waals surface area contributed by atoms with Crippen LogP contribution >= 0.6 is 0 Å². The van der Waals surface area contributed by atoms with Crippen LogP contribution < -0.4 is 11.1 Å². The smallest absolute Gasteiger partial charge is 0.267 e. The minimum absolute atomic E-state index is 0.127. The number of hydrogen-bond donors (Lipinski definition) is 0. The fraction of sp³-hybridized carbons (Fsp3) is 0.273. The van der Waals surface area contributed by atoms with Gasteiger partial charge in [-0.15, -0.1) is 0 Å². The summed E-state index contributed by atoms with van der Waals surface area (Å²) in [5.74, 6) is 0. The van der Waals surface area contributed by atoms with Gasteiger partial charge >= 0.3 is 0 Å². The zero-order valence-electron chi connectivity index (χ0n) is 9.78. The van der Waals surface area contributed by atoms with Gasteiger partial charge in [-0.1, -0.05) is 17.2 Å². The second-order valence-electron chi connectivity index (χ2n) is 3.76. The predicted octanol–water partition coefficient (Wildman–Crippen LogP) is 1.01. The molecule has 1 aromatic heterocycles. The largest absolute Gasteiger partial charge is 0.273 e. The van der Waals surface area contributed by atoms with Gasteiger partial charge in [-0.05, 0) is 17.7 Å². The Labute approximate surface area is 101 Å². The van der Waals surface area contributed by atoms with Crippen molar-refractivity contribution >= 4 is 10.8 Å². The van der Waals surface area contributed by atoms with Crippen molar-refractivity contribution in [3.63, 3.8) is 0 Å². The van der Waals surface area contributed by atoms with Gasteiger partial charge in [0.25, 0.3) is 11.1 Å². The molecule has 0 fully saturated rings. The first kappa shape index (κ1) is 11.9. The van der Waals surface area contributed by atoms with Crippen molar-refractivity contribution in [2.75, 3.05) is 6.54 Å². The lowest BCUT2D eigenvalue weighted by Crippen LogP contribution is -2.37. The van der Waals surface area contributed by atoms with Crippen LogP contribution in [0.2, 0.25) is 0 Å². The van der Waals surface area contributed by atoms with E-state index in [1.165, 1.54) is 16.4 Å². The van der Waals surface area contributed by atoms with Crippen molar-refractivity contribution in [2.24, 2.45) is 12.2 Å². The fourth-order valence-electron chi connectivity index (χ4n) is 1.85. The summed E-state index contributed by atoms with van der Waals surface area (Å²) in [6, 6.07) is 6.66. The van der Waals surface area contributed by atoms with Crippen LogP contribution in [-0.2, 0) is 13.6 Å². The maximum Gasteiger partial charge on any atom is 0.273 e. The lowest BCUT2D eigenvalue weighted by atomic mass is 10.2. The molecule has 0 amide bonds. The van der Waals surface area contributed by atoms with E-state index in [1.807, 2.05) is 0 Å². The lowest BCUT2D eigenvalue weighted by Gasteiger charge is -2.11. The van der Waals surface area contributed by atoms with E-state index >= 15 is 0 Å². The van der Waals surface area contributed by atoms with Crippen LogP contribution in [0.5, 0.6) is 0 Å². The predicted molar refractivity (Wildman–Crippen MR) is 67.5 cm³/mol. The molecule has 0 unspecified atom stereocenters. The van der Waals surface area contributed by atoms with Gasteiger partial charge in [0, 0.05) is 25.0 Å². The first-order valence-corrected chi connectivity index (χ1v) is 5.36. The highest BCUT2D eigenvalue weighted by atomic mass is 16.2. The minimum atomic E-state index is -0.263. The number of azide groups is 1. The Morgan fingerprint density at radius 3 is 2.44 bits per heavy atom. The first-order valence-electron chi connectivity index (χ1n) is 5.36. The summed E-state index contributed by atoms with van der Waals surface area (Å²) in [6.45, 7) is 0.307. The number of benzene rings is 1. The second kappa shape index (κ2) is 4.77. The van der Waals surface area contributed by atoms with E-state index in [2.05, 4.69) is 10.0 Å². The number of hydrogen-bond acceptors (Lipinski definition) is 3. The Balaban J connectivity index is 2.71. The molecule has 0 bridgehead atoms. The highest BCUT2D eigenvalue weighted by Crippen LogP contribution is 2.03. The van der Waals surface area contributed by atoms with Crippen LogP contribution in [0.3, 0.4) is 0 Å². The number of rotatable bonds is 3. The molecular formula is C11H11N5O2. The number of nitrogens with zero attached hydrogens (tertiary/aromatic N) is 5. The van der Waals surface area contributed by atoms with Crippen molar-refractivity contribution in [3.8, 4) is 0 Å². The first-order chi connectivity index (χ1) is 8.66. The molecule has 2 rings (SSSR count). The van der Waals surface area contributed by atoms with Crippen molar-refractivity contribution in [1.82, 2.24) is 9.36 Å². The summed E-state index contributed by atoms with van der Waals surface area (Å²) in [4.78, 5) is 26.8. The fourth-order valence-corrected chi connectivity index (χ4v) is 1.85. The molecule has 2 aromatic rings. The van der Waals surface area contributed by atoms with Crippen LogP contribution in [0.15, 0.2) is 39.0 Å². The molecule has 1 heterocycles. The van der Waals surface area contributed by atoms with Gasteiger partial charge in [0.2, 0.25) is 0 Å². The third kappa shape index (κ3) is 1.87. The monoisotopic (exact) mass is 245 g/mol. The molecule has 0 atom stereocenters. The molecule has 18 heavy (non-hydrogen) atoms. The zero-order chi connectivity index (χ0) is 13.1. The molecule has 7 nitrogen and oxygen atoms in total. The standard InChI is InChI=1S/C11H11N5O2/c1-15-10(17)8-4-2-3-5-9(8)11(18)16(15)7-6-13-14-12/h2-5H,6-7H2,1H3. The van der Waals surface area contributed by atoms with Gasteiger partial charge in [-0.25, -0.2) is 4.68 Å². The Bertz CT molecular complexity index is 752. The summed E-state index contributed by atoms with van der Waals surface area (Å²) in [5, 5.41) is 4.13. The Morgan fingerprint density at radius 2 is 1.83 bits per heavy atom. The molecule has 0 saturated carbocycles. The van der Waals surface area contributed by atoms with Crippen LogP contribution in [0.25, 0.3) is 21.2 Å². The lowest BCUT2D eigenvalue weighted by molar-refractivity contribution is 0.475. The van der Waals surface area contributed by atoms with Crippen LogP contribution in [0.4, 0.5) is 0 Å². The Kier molecular flexibility index (Phi) is 3.16. The quantitative estimate of drug-likeness (QED) is 0.458. The van der Waals surface area contributed by atoms with Crippen molar-refractivity contribution in [3.05, 3.63) is 55.4 Å². The molecule has 1 aromatic carbocycles. The van der Waals surface area contributed by atoms with E-state index < -0.39 is 0 Å². The molecule has 7 heteroatoms. The van der Waals surface area contributed by atoms with Crippen LogP contribution in [-0.4, -0.2) is 15.9 Å². The van der Waals surface area contributed by atoms with Gasteiger partial charge in [0.05, 0.1) is 10.8 Å². The number of fused-ring (bicyclic) bond motifs is 1. The number of aromatic nitrogens is 2. The SMILES string of the molecule is Cn1c(=O)c2ccccc2c(=O)n1CCN=[N+]=[N-]. The van der Waals surface area contributed by atoms with Crippen molar-refractivity contribution < 1.29 is 0 Å². The molecule has 0 aliphatic rings. The van der Waals surface area contributed by atoms with E-state index in [9.17, 15) is 9.59 Å². The third-order valence-corrected chi connectivity index (χ3v) is 2.75. The highest BCUT2D eigenvalue weighted by Gasteiger charge is 2.09. The van der Waals surface area contributed by atoms with Crippen LogP contribution in [0, 0.1) is 0 Å². The summed E-state index contributed by atoms with van der Waals surface area (Å²) < 4.78 is 2.52. The molecule has 0 saturated heterocycles. The van der Waals surface area contributed by atoms with E-state index in [0.29, 0.717) is 10.8 Å². The maximum atomic E-state index is 12.2. The zero-order valence-corrected chi connectivity index (χ0v) is 9.78. The molecule has 0 spiro atoms. The molecule has 0 aliphatic heterocycles. The summed E-state index contributed by atoms with van der Waals surface area (Å²) in [6.07, 6.45) is 0. The minimum Gasteiger partial charge on any atom is -0.267 e. The summed E-state index contributed by atoms with van der Waals surface area (Å²) in [7, 11) is 1.52. The molecule has 0 radical (unpaired) electrons. The van der Waals surface area contributed by atoms with Gasteiger partial charge in [0.15, 0.2) is 0 Å². The summed E-state index contributed by atoms with van der Waals surface area (Å²) >= 11 is 0. The van der Waals surface area contributed by atoms with Crippen molar-refractivity contribution in [2.45, 2.75) is 6.54 Å². The highest BCUT2D eigenvalue weighted by molar-refractivity contribution is 5.80. The average molecular weight is 245 g/mol. The third-order valence-electron chi connectivity index (χ3n) is 2.75. The maximum absolute atomic E-state index is 12.2. The molecule has 0 N–H and O–H groups in total. The van der Waals surface area contributed by atoms with Gasteiger partial charge in [0.1, 0.15) is 0 Å².